The Kier molecular flexibility index (Phi) is 5.91. The van der Waals surface area contributed by atoms with E-state index in [0.717, 1.165) is 31.6 Å². The van der Waals surface area contributed by atoms with Crippen LogP contribution in [0.25, 0.3) is 22.3 Å². The lowest BCUT2D eigenvalue weighted by molar-refractivity contribution is 0.102. The van der Waals surface area contributed by atoms with Crippen LogP contribution in [0, 0.1) is 0 Å². The number of pyridine rings is 1. The topological polar surface area (TPSA) is 149 Å². The summed E-state index contributed by atoms with van der Waals surface area (Å²) in [4.78, 5) is 37.1. The number of halogens is 1. The normalized spacial score (nSPS) is 15.2. The molecule has 1 aliphatic rings. The van der Waals surface area contributed by atoms with Crippen LogP contribution in [0.5, 0.6) is 0 Å². The second-order valence-corrected chi connectivity index (χ2v) is 9.28. The molecule has 1 amide bonds. The van der Waals surface area contributed by atoms with Gasteiger partial charge < -0.3 is 21.7 Å². The predicted molar refractivity (Wildman–Crippen MR) is 136 cm³/mol. The van der Waals surface area contributed by atoms with E-state index in [-0.39, 0.29) is 17.1 Å². The smallest absolute Gasteiger partial charge is 0.279 e. The minimum atomic E-state index is -0.520. The van der Waals surface area contributed by atoms with Gasteiger partial charge in [-0.1, -0.05) is 11.6 Å². The zero-order valence-electron chi connectivity index (χ0n) is 19.1. The van der Waals surface area contributed by atoms with Crippen molar-refractivity contribution in [2.75, 3.05) is 29.0 Å². The van der Waals surface area contributed by atoms with Crippen LogP contribution in [-0.4, -0.2) is 49.5 Å². The fourth-order valence-electron chi connectivity index (χ4n) is 4.09. The van der Waals surface area contributed by atoms with Crippen molar-refractivity contribution in [3.63, 3.8) is 0 Å². The molecule has 0 aliphatic carbocycles. The number of amides is 1. The van der Waals surface area contributed by atoms with Crippen molar-refractivity contribution >= 4 is 45.7 Å². The zero-order valence-corrected chi connectivity index (χ0v) is 19.8. The lowest BCUT2D eigenvalue weighted by Gasteiger charge is -2.38. The number of aromatic nitrogens is 5. The van der Waals surface area contributed by atoms with Gasteiger partial charge in [-0.15, -0.1) is 0 Å². The fourth-order valence-corrected chi connectivity index (χ4v) is 4.26. The van der Waals surface area contributed by atoms with Gasteiger partial charge in [-0.3, -0.25) is 4.79 Å². The van der Waals surface area contributed by atoms with Crippen LogP contribution in [0.1, 0.15) is 30.3 Å². The summed E-state index contributed by atoms with van der Waals surface area (Å²) in [6.07, 6.45) is 6.20. The molecule has 35 heavy (non-hydrogen) atoms. The number of anilines is 3. The molecule has 0 spiro atoms. The number of carbonyl (C=O) groups excluding carboxylic acids is 1. The molecule has 0 saturated carbocycles. The number of nitrogens with one attached hydrogen (secondary N) is 1. The van der Waals surface area contributed by atoms with Crippen molar-refractivity contribution in [3.05, 3.63) is 59.8 Å². The van der Waals surface area contributed by atoms with Crippen LogP contribution < -0.4 is 21.7 Å². The first-order valence-corrected chi connectivity index (χ1v) is 11.5. The van der Waals surface area contributed by atoms with Crippen molar-refractivity contribution < 1.29 is 4.79 Å². The number of hydrogen-bond acceptors (Lipinski definition) is 9. The average Bonchev–Trinajstić information content (AvgIpc) is 2.84. The van der Waals surface area contributed by atoms with Gasteiger partial charge in [0.1, 0.15) is 17.7 Å². The van der Waals surface area contributed by atoms with Gasteiger partial charge in [-0.05, 0) is 50.1 Å². The summed E-state index contributed by atoms with van der Waals surface area (Å²) < 4.78 is 0. The number of benzene rings is 1. The lowest BCUT2D eigenvalue weighted by Crippen LogP contribution is -2.48. The highest BCUT2D eigenvalue weighted by Gasteiger charge is 2.28. The molecule has 5 rings (SSSR count). The summed E-state index contributed by atoms with van der Waals surface area (Å²) in [5, 5.41) is 4.07. The largest absolute Gasteiger partial charge is 0.382 e. The number of nitrogens with zero attached hydrogens (tertiary/aromatic N) is 6. The Bertz CT molecular complexity index is 1420. The summed E-state index contributed by atoms with van der Waals surface area (Å²) >= 11 is 6.18. The number of nitrogens with two attached hydrogens (primary N) is 2. The SMILES string of the molecule is CC1(N)CCN(c2cccnc2NC(=O)c2nc(-c3ncnc4ccc(Cl)cc34)cnc2N)CC1. The quantitative estimate of drug-likeness (QED) is 0.392. The number of nitrogen functional groups attached to an aromatic ring is 1. The van der Waals surface area contributed by atoms with Crippen molar-refractivity contribution in [1.29, 1.82) is 0 Å². The zero-order chi connectivity index (χ0) is 24.6. The van der Waals surface area contributed by atoms with Crippen molar-refractivity contribution in [1.82, 2.24) is 24.9 Å². The maximum absolute atomic E-state index is 13.2. The Morgan fingerprint density at radius 2 is 1.94 bits per heavy atom. The molecule has 11 heteroatoms. The first kappa shape index (κ1) is 22.9. The highest BCUT2D eigenvalue weighted by atomic mass is 35.5. The van der Waals surface area contributed by atoms with E-state index < -0.39 is 5.91 Å². The second kappa shape index (κ2) is 9.05. The van der Waals surface area contributed by atoms with Gasteiger partial charge >= 0.3 is 0 Å². The molecule has 1 aliphatic heterocycles. The third-order valence-electron chi connectivity index (χ3n) is 6.12. The van der Waals surface area contributed by atoms with E-state index in [9.17, 15) is 4.79 Å². The van der Waals surface area contributed by atoms with E-state index in [1.54, 1.807) is 24.4 Å². The standard InChI is InChI=1S/C24H24ClN9O/c1-24(27)6-9-34(10-7-24)18-3-2-8-28-22(18)33-23(35)20-21(26)29-12-17(32-20)19-15-11-14(25)4-5-16(15)30-13-31-19/h2-5,8,11-13H,6-7,9-10,27H2,1H3,(H2,26,29)(H,28,33,35). The van der Waals surface area contributed by atoms with E-state index in [4.69, 9.17) is 23.1 Å². The monoisotopic (exact) mass is 489 g/mol. The van der Waals surface area contributed by atoms with Crippen molar-refractivity contribution in [2.24, 2.45) is 5.73 Å². The minimum absolute atomic E-state index is 0.00278. The molecule has 1 aromatic carbocycles. The van der Waals surface area contributed by atoms with Gasteiger partial charge in [-0.2, -0.15) is 0 Å². The molecule has 0 bridgehead atoms. The Hall–Kier alpha value is -3.89. The molecule has 4 heterocycles. The van der Waals surface area contributed by atoms with Gasteiger partial charge in [0, 0.05) is 35.2 Å². The van der Waals surface area contributed by atoms with Gasteiger partial charge in [0.2, 0.25) is 0 Å². The second-order valence-electron chi connectivity index (χ2n) is 8.84. The Balaban J connectivity index is 1.46. The fraction of sp³-hybridized carbons (Fsp3) is 0.250. The third kappa shape index (κ3) is 4.71. The lowest BCUT2D eigenvalue weighted by atomic mass is 9.91. The van der Waals surface area contributed by atoms with Crippen LogP contribution in [0.4, 0.5) is 17.3 Å². The van der Waals surface area contributed by atoms with Gasteiger partial charge in [0.05, 0.1) is 17.4 Å². The van der Waals surface area contributed by atoms with Crippen LogP contribution in [0.15, 0.2) is 49.1 Å². The molecule has 178 valence electrons. The molecule has 1 saturated heterocycles. The molecular formula is C24H24ClN9O. The number of fused-ring (bicyclic) bond motifs is 1. The minimum Gasteiger partial charge on any atom is -0.382 e. The maximum atomic E-state index is 13.2. The highest BCUT2D eigenvalue weighted by molar-refractivity contribution is 6.31. The van der Waals surface area contributed by atoms with Gasteiger partial charge in [0.15, 0.2) is 17.3 Å². The number of rotatable bonds is 4. The third-order valence-corrected chi connectivity index (χ3v) is 6.36. The van der Waals surface area contributed by atoms with E-state index >= 15 is 0 Å². The first-order chi connectivity index (χ1) is 16.8. The first-order valence-electron chi connectivity index (χ1n) is 11.1. The van der Waals surface area contributed by atoms with E-state index in [2.05, 4.69) is 42.1 Å². The molecule has 3 aromatic heterocycles. The molecule has 10 nitrogen and oxygen atoms in total. The summed E-state index contributed by atoms with van der Waals surface area (Å²) in [6.45, 7) is 3.59. The van der Waals surface area contributed by atoms with E-state index in [0.29, 0.717) is 33.1 Å². The molecule has 0 radical (unpaired) electrons. The molecule has 4 aromatic rings. The van der Waals surface area contributed by atoms with E-state index in [1.807, 2.05) is 12.1 Å². The van der Waals surface area contributed by atoms with Crippen molar-refractivity contribution in [2.45, 2.75) is 25.3 Å². The van der Waals surface area contributed by atoms with E-state index in [1.165, 1.54) is 12.5 Å². The molecule has 0 unspecified atom stereocenters. The van der Waals surface area contributed by atoms with Crippen molar-refractivity contribution in [3.8, 4) is 11.4 Å². The summed E-state index contributed by atoms with van der Waals surface area (Å²) in [5.74, 6) is -0.102. The Morgan fingerprint density at radius 1 is 1.14 bits per heavy atom. The summed E-state index contributed by atoms with van der Waals surface area (Å²) in [7, 11) is 0. The molecule has 0 atom stereocenters. The number of carbonyl (C=O) groups is 1. The Morgan fingerprint density at radius 3 is 2.74 bits per heavy atom. The molecule has 5 N–H and O–H groups in total. The van der Waals surface area contributed by atoms with Gasteiger partial charge in [-0.25, -0.2) is 24.9 Å². The summed E-state index contributed by atoms with van der Waals surface area (Å²) in [6, 6.07) is 9.03. The Labute approximate surface area is 206 Å². The van der Waals surface area contributed by atoms with Crippen LogP contribution in [0.3, 0.4) is 0 Å². The van der Waals surface area contributed by atoms with Gasteiger partial charge in [0.25, 0.3) is 5.91 Å². The van der Waals surface area contributed by atoms with Crippen LogP contribution >= 0.6 is 11.6 Å². The highest BCUT2D eigenvalue weighted by Crippen LogP contribution is 2.30. The summed E-state index contributed by atoms with van der Waals surface area (Å²) in [5.41, 5.74) is 14.5. The molecule has 1 fully saturated rings. The number of piperidine rings is 1. The van der Waals surface area contributed by atoms with Crippen LogP contribution in [0.2, 0.25) is 5.02 Å². The maximum Gasteiger partial charge on any atom is 0.279 e. The van der Waals surface area contributed by atoms with Crippen LogP contribution in [-0.2, 0) is 0 Å². The average molecular weight is 490 g/mol. The predicted octanol–water partition coefficient (Wildman–Crippen LogP) is 3.29. The number of hydrogen-bond donors (Lipinski definition) is 3. The molecular weight excluding hydrogens is 466 g/mol.